The molecule has 0 unspecified atom stereocenters. The highest BCUT2D eigenvalue weighted by atomic mass is 19.4. The molecule has 0 N–H and O–H groups in total. The number of ether oxygens (including phenoxy) is 1. The van der Waals surface area contributed by atoms with E-state index in [-0.39, 0.29) is 6.61 Å². The van der Waals surface area contributed by atoms with E-state index in [1.807, 2.05) is 30.3 Å². The third-order valence-electron chi connectivity index (χ3n) is 4.74. The lowest BCUT2D eigenvalue weighted by Gasteiger charge is -2.25. The number of hydrogen-bond donors (Lipinski definition) is 0. The highest BCUT2D eigenvalue weighted by Gasteiger charge is 2.55. The Kier molecular flexibility index (Phi) is 4.13. The zero-order chi connectivity index (χ0) is 19.2. The van der Waals surface area contributed by atoms with Crippen molar-refractivity contribution >= 4 is 11.7 Å². The lowest BCUT2D eigenvalue weighted by Crippen LogP contribution is -2.49. The van der Waals surface area contributed by atoms with Crippen molar-refractivity contribution in [2.75, 3.05) is 11.6 Å². The molecule has 1 heterocycles. The van der Waals surface area contributed by atoms with Crippen molar-refractivity contribution in [3.63, 3.8) is 0 Å². The van der Waals surface area contributed by atoms with Crippen molar-refractivity contribution in [2.24, 2.45) is 10.3 Å². The molecule has 0 spiro atoms. The number of nitrogens with zero attached hydrogens (tertiary/aromatic N) is 3. The maximum absolute atomic E-state index is 13.3. The normalized spacial score (nSPS) is 20.5. The second-order valence-electron chi connectivity index (χ2n) is 6.41. The van der Waals surface area contributed by atoms with Gasteiger partial charge in [-0.25, -0.2) is 9.80 Å². The van der Waals surface area contributed by atoms with Crippen molar-refractivity contribution < 1.29 is 22.7 Å². The summed E-state index contributed by atoms with van der Waals surface area (Å²) in [6, 6.07) is 9.28. The Labute approximate surface area is 153 Å². The SMILES string of the molecule is CCOC(=O)[C@@H]1[C@@H](C(F)(F)F)N=NN1c1ccc2c(c1)Cc1ccccc1-2. The first-order chi connectivity index (χ1) is 12.9. The second-order valence-corrected chi connectivity index (χ2v) is 6.41. The molecule has 0 saturated carbocycles. The van der Waals surface area contributed by atoms with Crippen molar-refractivity contribution in [1.29, 1.82) is 0 Å². The van der Waals surface area contributed by atoms with E-state index in [2.05, 4.69) is 10.3 Å². The Bertz CT molecular complexity index is 927. The molecule has 0 bridgehead atoms. The van der Waals surface area contributed by atoms with E-state index in [1.54, 1.807) is 19.1 Å². The van der Waals surface area contributed by atoms with Crippen LogP contribution in [0.4, 0.5) is 18.9 Å². The van der Waals surface area contributed by atoms with Gasteiger partial charge in [-0.1, -0.05) is 35.6 Å². The quantitative estimate of drug-likeness (QED) is 0.641. The Morgan fingerprint density at radius 3 is 2.67 bits per heavy atom. The zero-order valence-electron chi connectivity index (χ0n) is 14.4. The van der Waals surface area contributed by atoms with Crippen molar-refractivity contribution in [2.45, 2.75) is 31.6 Å². The van der Waals surface area contributed by atoms with Crippen LogP contribution in [0.15, 0.2) is 52.8 Å². The Hall–Kier alpha value is -2.90. The Morgan fingerprint density at radius 1 is 1.19 bits per heavy atom. The molecule has 27 heavy (non-hydrogen) atoms. The van der Waals surface area contributed by atoms with Crippen LogP contribution in [0.3, 0.4) is 0 Å². The van der Waals surface area contributed by atoms with Crippen LogP contribution in [0.2, 0.25) is 0 Å². The van der Waals surface area contributed by atoms with Gasteiger partial charge in [0.05, 0.1) is 12.3 Å². The molecule has 0 fully saturated rings. The van der Waals surface area contributed by atoms with E-state index in [1.165, 1.54) is 0 Å². The largest absolute Gasteiger partial charge is 0.464 e. The molecule has 8 heteroatoms. The van der Waals surface area contributed by atoms with Crippen LogP contribution in [-0.2, 0) is 16.0 Å². The zero-order valence-corrected chi connectivity index (χ0v) is 14.4. The summed E-state index contributed by atoms with van der Waals surface area (Å²) in [5.41, 5.74) is 4.66. The maximum atomic E-state index is 13.3. The molecule has 1 aliphatic carbocycles. The minimum absolute atomic E-state index is 0.0206. The molecule has 140 valence electrons. The van der Waals surface area contributed by atoms with Gasteiger partial charge in [-0.2, -0.15) is 18.3 Å². The van der Waals surface area contributed by atoms with Gasteiger partial charge in [-0.3, -0.25) is 0 Å². The van der Waals surface area contributed by atoms with Crippen LogP contribution in [0, 0.1) is 0 Å². The summed E-state index contributed by atoms with van der Waals surface area (Å²) in [7, 11) is 0. The van der Waals surface area contributed by atoms with E-state index in [4.69, 9.17) is 4.74 Å². The molecule has 0 saturated heterocycles. The lowest BCUT2D eigenvalue weighted by molar-refractivity contribution is -0.165. The van der Waals surface area contributed by atoms with Gasteiger partial charge in [-0.05, 0) is 47.7 Å². The molecule has 0 aromatic heterocycles. The topological polar surface area (TPSA) is 54.3 Å². The standard InChI is InChI=1S/C19H16F3N3O2/c1-2-27-18(26)16-17(19(20,21)22)23-24-25(16)13-7-8-15-12(10-13)9-11-5-3-4-6-14(11)15/h3-8,10,16-17H,2,9H2,1H3/t16-,17-/m0/s1. The predicted octanol–water partition coefficient (Wildman–Crippen LogP) is 4.31. The van der Waals surface area contributed by atoms with E-state index < -0.39 is 24.2 Å². The van der Waals surface area contributed by atoms with Crippen LogP contribution in [-0.4, -0.2) is 30.8 Å². The number of rotatable bonds is 3. The second kappa shape index (κ2) is 6.37. The molecule has 5 nitrogen and oxygen atoms in total. The van der Waals surface area contributed by atoms with Gasteiger partial charge in [0.2, 0.25) is 6.04 Å². The summed E-state index contributed by atoms with van der Waals surface area (Å²) >= 11 is 0. The first kappa shape index (κ1) is 17.5. The minimum Gasteiger partial charge on any atom is -0.464 e. The summed E-state index contributed by atoms with van der Waals surface area (Å²) in [5, 5.41) is 7.97. The summed E-state index contributed by atoms with van der Waals surface area (Å²) < 4.78 is 44.8. The third-order valence-corrected chi connectivity index (χ3v) is 4.74. The Balaban J connectivity index is 1.69. The average Bonchev–Trinajstić information content (AvgIpc) is 3.22. The number of anilines is 1. The Morgan fingerprint density at radius 2 is 1.93 bits per heavy atom. The maximum Gasteiger partial charge on any atom is 0.415 e. The fourth-order valence-corrected chi connectivity index (χ4v) is 3.55. The van der Waals surface area contributed by atoms with Crippen molar-refractivity contribution in [1.82, 2.24) is 0 Å². The number of hydrogen-bond acceptors (Lipinski definition) is 5. The van der Waals surface area contributed by atoms with Gasteiger partial charge >= 0.3 is 12.1 Å². The van der Waals surface area contributed by atoms with E-state index in [9.17, 15) is 18.0 Å². The molecule has 1 aliphatic heterocycles. The van der Waals surface area contributed by atoms with Gasteiger partial charge in [0.25, 0.3) is 0 Å². The monoisotopic (exact) mass is 375 g/mol. The summed E-state index contributed by atoms with van der Waals surface area (Å²) in [5.74, 6) is -0.992. The molecule has 4 rings (SSSR count). The molecule has 2 aliphatic rings. The molecule has 0 radical (unpaired) electrons. The van der Waals surface area contributed by atoms with Gasteiger partial charge in [-0.15, -0.1) is 0 Å². The highest BCUT2D eigenvalue weighted by molar-refractivity contribution is 5.83. The molecule has 0 amide bonds. The molecule has 2 aromatic rings. The number of halogens is 3. The van der Waals surface area contributed by atoms with Gasteiger partial charge in [0.15, 0.2) is 6.04 Å². The fourth-order valence-electron chi connectivity index (χ4n) is 3.55. The summed E-state index contributed by atoms with van der Waals surface area (Å²) in [4.78, 5) is 12.2. The highest BCUT2D eigenvalue weighted by Crippen LogP contribution is 2.41. The van der Waals surface area contributed by atoms with Crippen LogP contribution in [0.5, 0.6) is 0 Å². The van der Waals surface area contributed by atoms with Crippen LogP contribution in [0.25, 0.3) is 11.1 Å². The average molecular weight is 375 g/mol. The fraction of sp³-hybridized carbons (Fsp3) is 0.316. The number of fused-ring (bicyclic) bond motifs is 3. The van der Waals surface area contributed by atoms with Crippen molar-refractivity contribution in [3.05, 3.63) is 53.6 Å². The van der Waals surface area contributed by atoms with E-state index in [0.717, 1.165) is 27.3 Å². The third kappa shape index (κ3) is 2.94. The summed E-state index contributed by atoms with van der Waals surface area (Å²) in [6.45, 7) is 1.52. The lowest BCUT2D eigenvalue weighted by atomic mass is 10.0. The van der Waals surface area contributed by atoms with Gasteiger partial charge < -0.3 is 4.74 Å². The number of carbonyl (C=O) groups is 1. The molecule has 2 atom stereocenters. The van der Waals surface area contributed by atoms with Crippen LogP contribution in [0.1, 0.15) is 18.1 Å². The van der Waals surface area contributed by atoms with Gasteiger partial charge in [0.1, 0.15) is 0 Å². The number of carbonyl (C=O) groups excluding carboxylic acids is 1. The van der Waals surface area contributed by atoms with Crippen LogP contribution >= 0.6 is 0 Å². The van der Waals surface area contributed by atoms with Crippen LogP contribution < -0.4 is 5.01 Å². The first-order valence-electron chi connectivity index (χ1n) is 8.54. The van der Waals surface area contributed by atoms with E-state index >= 15 is 0 Å². The van der Waals surface area contributed by atoms with Crippen molar-refractivity contribution in [3.8, 4) is 11.1 Å². The smallest absolute Gasteiger partial charge is 0.415 e. The summed E-state index contributed by atoms with van der Waals surface area (Å²) in [6.07, 6.45) is -4.01. The molecule has 2 aromatic carbocycles. The van der Waals surface area contributed by atoms with Gasteiger partial charge in [0, 0.05) is 0 Å². The number of esters is 1. The molecular formula is C19H16F3N3O2. The number of benzene rings is 2. The van der Waals surface area contributed by atoms with E-state index in [0.29, 0.717) is 12.1 Å². The predicted molar refractivity (Wildman–Crippen MR) is 92.3 cm³/mol. The molecular weight excluding hydrogens is 359 g/mol. The number of alkyl halides is 3. The minimum atomic E-state index is -4.69. The first-order valence-corrected chi connectivity index (χ1v) is 8.54.